The number of hydrogen-bond acceptors (Lipinski definition) is 2. The van der Waals surface area contributed by atoms with Gasteiger partial charge in [0, 0.05) is 5.37 Å². The second kappa shape index (κ2) is 4.24. The van der Waals surface area contributed by atoms with E-state index in [4.69, 9.17) is 0 Å². The highest BCUT2D eigenvalue weighted by Crippen LogP contribution is 2.16. The zero-order valence-electron chi connectivity index (χ0n) is 7.44. The molecule has 0 amide bonds. The van der Waals surface area contributed by atoms with Crippen molar-refractivity contribution in [1.29, 1.82) is 0 Å². The lowest BCUT2D eigenvalue weighted by atomic mass is 9.92. The smallest absolute Gasteiger partial charge is 0.0473 e. The van der Waals surface area contributed by atoms with Gasteiger partial charge in [-0.2, -0.15) is 12.6 Å². The van der Waals surface area contributed by atoms with E-state index in [0.717, 1.165) is 6.54 Å². The zero-order valence-corrected chi connectivity index (χ0v) is 8.33. The van der Waals surface area contributed by atoms with Crippen molar-refractivity contribution in [3.63, 3.8) is 0 Å². The Bertz CT molecular complexity index is 83.7. The molecule has 0 saturated carbocycles. The number of nitrogens with one attached hydrogen (secondary N) is 1. The lowest BCUT2D eigenvalue weighted by molar-refractivity contribution is 0.367. The Hall–Kier alpha value is 0.310. The van der Waals surface area contributed by atoms with Gasteiger partial charge in [-0.1, -0.05) is 20.8 Å². The molecule has 10 heavy (non-hydrogen) atoms. The van der Waals surface area contributed by atoms with E-state index in [9.17, 15) is 0 Å². The molecule has 0 heterocycles. The van der Waals surface area contributed by atoms with Crippen LogP contribution in [0.15, 0.2) is 0 Å². The van der Waals surface area contributed by atoms with Crippen LogP contribution in [0.2, 0.25) is 0 Å². The van der Waals surface area contributed by atoms with E-state index < -0.39 is 0 Å². The quantitative estimate of drug-likeness (QED) is 0.478. The molecule has 1 N–H and O–H groups in total. The summed E-state index contributed by atoms with van der Waals surface area (Å²) in [6, 6.07) is 0. The molecule has 1 nitrogen and oxygen atoms in total. The summed E-state index contributed by atoms with van der Waals surface area (Å²) in [7, 11) is 0. The maximum absolute atomic E-state index is 4.22. The molecular formula is C8H19NS. The highest BCUT2D eigenvalue weighted by atomic mass is 32.1. The number of rotatable bonds is 3. The molecular weight excluding hydrogens is 142 g/mol. The van der Waals surface area contributed by atoms with E-state index in [-0.39, 0.29) is 0 Å². The summed E-state index contributed by atoms with van der Waals surface area (Å²) in [6.07, 6.45) is 1.21. The molecule has 0 aromatic carbocycles. The van der Waals surface area contributed by atoms with E-state index in [2.05, 4.69) is 38.7 Å². The van der Waals surface area contributed by atoms with E-state index in [1.54, 1.807) is 0 Å². The van der Waals surface area contributed by atoms with Crippen molar-refractivity contribution < 1.29 is 0 Å². The van der Waals surface area contributed by atoms with Gasteiger partial charge in [-0.3, -0.25) is 0 Å². The molecule has 0 spiro atoms. The van der Waals surface area contributed by atoms with Crippen molar-refractivity contribution in [3.05, 3.63) is 0 Å². The first-order chi connectivity index (χ1) is 4.42. The van der Waals surface area contributed by atoms with Crippen LogP contribution >= 0.6 is 12.6 Å². The van der Waals surface area contributed by atoms with Gasteiger partial charge in [0.2, 0.25) is 0 Å². The Labute approximate surface area is 70.0 Å². The lowest BCUT2D eigenvalue weighted by Gasteiger charge is -2.18. The fourth-order valence-corrected chi connectivity index (χ4v) is 0.785. The predicted molar refractivity (Wildman–Crippen MR) is 50.5 cm³/mol. The zero-order chi connectivity index (χ0) is 8.20. The van der Waals surface area contributed by atoms with Gasteiger partial charge in [-0.25, -0.2) is 0 Å². The molecule has 0 aliphatic rings. The Kier molecular flexibility index (Phi) is 4.37. The standard InChI is InChI=1S/C8H19NS/c1-7(10)9-6-5-8(2,3)4/h7,9-10H,5-6H2,1-4H3. The molecule has 0 aromatic heterocycles. The molecule has 0 fully saturated rings. The summed E-state index contributed by atoms with van der Waals surface area (Å²) in [5, 5.41) is 3.59. The van der Waals surface area contributed by atoms with Crippen LogP contribution in [0.1, 0.15) is 34.1 Å². The third-order valence-corrected chi connectivity index (χ3v) is 1.50. The van der Waals surface area contributed by atoms with Gasteiger partial charge >= 0.3 is 0 Å². The fourth-order valence-electron chi connectivity index (χ4n) is 0.656. The van der Waals surface area contributed by atoms with Crippen LogP contribution in [0.5, 0.6) is 0 Å². The summed E-state index contributed by atoms with van der Waals surface area (Å²) in [4.78, 5) is 0. The monoisotopic (exact) mass is 161 g/mol. The first-order valence-corrected chi connectivity index (χ1v) is 4.35. The van der Waals surface area contributed by atoms with E-state index in [1.807, 2.05) is 6.92 Å². The van der Waals surface area contributed by atoms with Crippen LogP contribution in [-0.2, 0) is 0 Å². The SMILES string of the molecule is CC(S)NCCC(C)(C)C. The number of thiol groups is 1. The minimum atomic E-state index is 0.322. The molecule has 0 saturated heterocycles. The lowest BCUT2D eigenvalue weighted by Crippen LogP contribution is -2.25. The van der Waals surface area contributed by atoms with Crippen LogP contribution in [0, 0.1) is 5.41 Å². The van der Waals surface area contributed by atoms with E-state index >= 15 is 0 Å². The second-order valence-electron chi connectivity index (χ2n) is 3.94. The summed E-state index contributed by atoms with van der Waals surface area (Å²) in [6.45, 7) is 9.85. The van der Waals surface area contributed by atoms with Gasteiger partial charge in [0.15, 0.2) is 0 Å². The maximum atomic E-state index is 4.22. The first-order valence-electron chi connectivity index (χ1n) is 3.83. The Morgan fingerprint density at radius 1 is 1.40 bits per heavy atom. The minimum Gasteiger partial charge on any atom is -0.306 e. The fraction of sp³-hybridized carbons (Fsp3) is 1.00. The molecule has 0 aliphatic carbocycles. The van der Waals surface area contributed by atoms with Crippen LogP contribution in [-0.4, -0.2) is 11.9 Å². The van der Waals surface area contributed by atoms with Gasteiger partial charge in [0.1, 0.15) is 0 Å². The maximum Gasteiger partial charge on any atom is 0.0473 e. The van der Waals surface area contributed by atoms with Crippen molar-refractivity contribution in [2.75, 3.05) is 6.54 Å². The molecule has 1 unspecified atom stereocenters. The van der Waals surface area contributed by atoms with Gasteiger partial charge in [0.05, 0.1) is 0 Å². The van der Waals surface area contributed by atoms with Crippen LogP contribution < -0.4 is 5.32 Å². The van der Waals surface area contributed by atoms with Crippen molar-refractivity contribution >= 4 is 12.6 Å². The summed E-state index contributed by atoms with van der Waals surface area (Å²) in [5.41, 5.74) is 0.440. The topological polar surface area (TPSA) is 12.0 Å². The molecule has 2 heteroatoms. The molecule has 0 aliphatic heterocycles. The average molecular weight is 161 g/mol. The first kappa shape index (κ1) is 10.3. The second-order valence-corrected chi connectivity index (χ2v) is 4.72. The van der Waals surface area contributed by atoms with Gasteiger partial charge < -0.3 is 5.32 Å². The largest absolute Gasteiger partial charge is 0.306 e. The van der Waals surface area contributed by atoms with Gasteiger partial charge in [0.25, 0.3) is 0 Å². The van der Waals surface area contributed by atoms with Crippen molar-refractivity contribution in [1.82, 2.24) is 5.32 Å². The summed E-state index contributed by atoms with van der Waals surface area (Å²) in [5.74, 6) is 0. The highest BCUT2D eigenvalue weighted by Gasteiger charge is 2.08. The van der Waals surface area contributed by atoms with Crippen LogP contribution in [0.3, 0.4) is 0 Å². The summed E-state index contributed by atoms with van der Waals surface area (Å²) < 4.78 is 0. The van der Waals surface area contributed by atoms with E-state index in [1.165, 1.54) is 6.42 Å². The molecule has 1 atom stereocenters. The molecule has 0 bridgehead atoms. The third-order valence-electron chi connectivity index (χ3n) is 1.31. The Balaban J connectivity index is 3.21. The molecule has 0 radical (unpaired) electrons. The average Bonchev–Trinajstić information content (AvgIpc) is 1.59. The van der Waals surface area contributed by atoms with E-state index in [0.29, 0.717) is 10.8 Å². The van der Waals surface area contributed by atoms with Gasteiger partial charge in [-0.05, 0) is 25.3 Å². The van der Waals surface area contributed by atoms with Gasteiger partial charge in [-0.15, -0.1) is 0 Å². The summed E-state index contributed by atoms with van der Waals surface area (Å²) >= 11 is 4.22. The molecule has 62 valence electrons. The number of hydrogen-bond donors (Lipinski definition) is 2. The van der Waals surface area contributed by atoms with Crippen molar-refractivity contribution in [2.45, 2.75) is 39.5 Å². The van der Waals surface area contributed by atoms with Crippen LogP contribution in [0.25, 0.3) is 0 Å². The minimum absolute atomic E-state index is 0.322. The Morgan fingerprint density at radius 2 is 1.90 bits per heavy atom. The predicted octanol–water partition coefficient (Wildman–Crippen LogP) is 2.29. The normalized spacial score (nSPS) is 15.3. The van der Waals surface area contributed by atoms with Crippen molar-refractivity contribution in [2.24, 2.45) is 5.41 Å². The highest BCUT2D eigenvalue weighted by molar-refractivity contribution is 7.80. The van der Waals surface area contributed by atoms with Crippen LogP contribution in [0.4, 0.5) is 0 Å². The Morgan fingerprint density at radius 3 is 2.20 bits per heavy atom. The third kappa shape index (κ3) is 8.31. The molecule has 0 aromatic rings. The molecule has 0 rings (SSSR count). The van der Waals surface area contributed by atoms with Crippen molar-refractivity contribution in [3.8, 4) is 0 Å².